The number of nitro benzene ring substituents is 1. The maximum atomic E-state index is 12.2. The Morgan fingerprint density at radius 2 is 1.39 bits per heavy atom. The summed E-state index contributed by atoms with van der Waals surface area (Å²) in [6.45, 7) is 7.72. The van der Waals surface area contributed by atoms with Gasteiger partial charge in [0.05, 0.1) is 88.8 Å². The zero-order chi connectivity index (χ0) is 33.0. The van der Waals surface area contributed by atoms with Gasteiger partial charge in [0.1, 0.15) is 30.7 Å². The molecule has 14 nitrogen and oxygen atoms in total. The van der Waals surface area contributed by atoms with E-state index < -0.39 is 4.92 Å². The van der Waals surface area contributed by atoms with E-state index in [1.54, 1.807) is 38.6 Å². The summed E-state index contributed by atoms with van der Waals surface area (Å²) in [5.74, 6) is 1.25. The molecular weight excluding hydrogens is 626 g/mol. The molecule has 0 bridgehead atoms. The van der Waals surface area contributed by atoms with Gasteiger partial charge in [-0.25, -0.2) is 4.98 Å². The van der Waals surface area contributed by atoms with Gasteiger partial charge in [-0.15, -0.1) is 0 Å². The van der Waals surface area contributed by atoms with Crippen molar-refractivity contribution in [3.8, 4) is 17.2 Å². The Kier molecular flexibility index (Phi) is 17.9. The van der Waals surface area contributed by atoms with Gasteiger partial charge in [0, 0.05) is 32.8 Å². The van der Waals surface area contributed by atoms with Gasteiger partial charge in [-0.2, -0.15) is 0 Å². The molecule has 0 spiro atoms. The number of rotatable bonds is 26. The Hall–Kier alpha value is -2.82. The van der Waals surface area contributed by atoms with Gasteiger partial charge < -0.3 is 42.6 Å². The molecule has 2 aromatic rings. The standard InChI is InChI=1S/C31H46ClN3O11/c1-24(34-7-6-25(34)23-46-26-4-5-31(32)33-22-26)27-20-29(44-18-16-42-14-12-40-10-8-38-2)30(21-28(27)35(36)37)45-19-17-43-15-13-41-11-9-39-3/h4-5,20-22,24-25H,6-19,23H2,1-3H3. The predicted molar refractivity (Wildman–Crippen MR) is 169 cm³/mol. The second-order valence-corrected chi connectivity index (χ2v) is 10.6. The molecule has 1 aromatic carbocycles. The zero-order valence-electron chi connectivity index (χ0n) is 26.9. The summed E-state index contributed by atoms with van der Waals surface area (Å²) in [7, 11) is 3.23. The third-order valence-electron chi connectivity index (χ3n) is 7.15. The first-order valence-corrected chi connectivity index (χ1v) is 15.7. The number of ether oxygens (including phenoxy) is 9. The van der Waals surface area contributed by atoms with Crippen LogP contribution in [0, 0.1) is 10.1 Å². The highest BCUT2D eigenvalue weighted by Crippen LogP contribution is 2.41. The number of pyridine rings is 1. The maximum Gasteiger partial charge on any atom is 0.278 e. The summed E-state index contributed by atoms with van der Waals surface area (Å²) in [4.78, 5) is 18.1. The summed E-state index contributed by atoms with van der Waals surface area (Å²) >= 11 is 5.87. The van der Waals surface area contributed by atoms with Crippen molar-refractivity contribution in [2.24, 2.45) is 0 Å². The second kappa shape index (κ2) is 21.9. The first-order chi connectivity index (χ1) is 22.4. The number of methoxy groups -OCH3 is 2. The van der Waals surface area contributed by atoms with Gasteiger partial charge in [-0.3, -0.25) is 15.0 Å². The minimum atomic E-state index is -0.395. The largest absolute Gasteiger partial charge is 0.490 e. The van der Waals surface area contributed by atoms with Crippen molar-refractivity contribution in [2.45, 2.75) is 25.4 Å². The molecule has 0 aliphatic carbocycles. The van der Waals surface area contributed by atoms with Crippen LogP contribution in [0.1, 0.15) is 24.9 Å². The number of aromatic nitrogens is 1. The van der Waals surface area contributed by atoms with Gasteiger partial charge in [0.2, 0.25) is 0 Å². The summed E-state index contributed by atoms with van der Waals surface area (Å²) in [6.07, 6.45) is 2.47. The van der Waals surface area contributed by atoms with Crippen LogP contribution in [0.2, 0.25) is 5.15 Å². The Balaban J connectivity index is 1.63. The lowest BCUT2D eigenvalue weighted by molar-refractivity contribution is -0.386. The molecule has 2 atom stereocenters. The molecule has 1 aliphatic rings. The van der Waals surface area contributed by atoms with E-state index in [1.165, 1.54) is 6.07 Å². The number of hydrogen-bond acceptors (Lipinski definition) is 13. The van der Waals surface area contributed by atoms with E-state index in [2.05, 4.69) is 9.88 Å². The van der Waals surface area contributed by atoms with E-state index in [1.807, 2.05) is 6.92 Å². The first kappa shape index (κ1) is 37.6. The molecule has 0 N–H and O–H groups in total. The fourth-order valence-electron chi connectivity index (χ4n) is 4.60. The monoisotopic (exact) mass is 671 g/mol. The Morgan fingerprint density at radius 1 is 0.848 bits per heavy atom. The molecule has 0 radical (unpaired) electrons. The molecule has 1 fully saturated rings. The summed E-state index contributed by atoms with van der Waals surface area (Å²) < 4.78 is 49.7. The van der Waals surface area contributed by atoms with E-state index >= 15 is 0 Å². The van der Waals surface area contributed by atoms with Crippen molar-refractivity contribution in [1.82, 2.24) is 9.88 Å². The molecule has 1 aliphatic heterocycles. The average molecular weight is 672 g/mol. The van der Waals surface area contributed by atoms with Crippen LogP contribution in [0.15, 0.2) is 30.5 Å². The fraction of sp³-hybridized carbons (Fsp3) is 0.645. The summed E-state index contributed by atoms with van der Waals surface area (Å²) in [5.41, 5.74) is 0.461. The SMILES string of the molecule is COCCOCCOCCOc1cc(C(C)N2CCC2COc2ccc(Cl)nc2)c([N+](=O)[O-])cc1OCCOCCOCCOC. The van der Waals surface area contributed by atoms with Crippen molar-refractivity contribution in [3.05, 3.63) is 51.3 Å². The smallest absolute Gasteiger partial charge is 0.278 e. The highest BCUT2D eigenvalue weighted by Gasteiger charge is 2.36. The van der Waals surface area contributed by atoms with E-state index in [4.69, 9.17) is 54.2 Å². The van der Waals surface area contributed by atoms with Crippen LogP contribution in [0.5, 0.6) is 17.2 Å². The molecule has 0 saturated carbocycles. The fourth-order valence-corrected chi connectivity index (χ4v) is 4.71. The first-order valence-electron chi connectivity index (χ1n) is 15.3. The van der Waals surface area contributed by atoms with E-state index in [0.717, 1.165) is 13.0 Å². The van der Waals surface area contributed by atoms with Crippen LogP contribution in [-0.2, 0) is 28.4 Å². The molecule has 2 heterocycles. The highest BCUT2D eigenvalue weighted by atomic mass is 35.5. The van der Waals surface area contributed by atoms with Crippen LogP contribution in [0.4, 0.5) is 5.69 Å². The van der Waals surface area contributed by atoms with Crippen molar-refractivity contribution >= 4 is 17.3 Å². The minimum absolute atomic E-state index is 0.0553. The van der Waals surface area contributed by atoms with E-state index in [-0.39, 0.29) is 43.3 Å². The Morgan fingerprint density at radius 3 is 1.87 bits per heavy atom. The summed E-state index contributed by atoms with van der Waals surface area (Å²) in [6, 6.07) is 6.32. The van der Waals surface area contributed by atoms with Gasteiger partial charge in [0.25, 0.3) is 5.69 Å². The van der Waals surface area contributed by atoms with Gasteiger partial charge in [-0.1, -0.05) is 11.6 Å². The highest BCUT2D eigenvalue weighted by molar-refractivity contribution is 6.29. The number of likely N-dealkylation sites (tertiary alicyclic amines) is 1. The van der Waals surface area contributed by atoms with Crippen molar-refractivity contribution in [1.29, 1.82) is 0 Å². The molecular formula is C31H46ClN3O11. The van der Waals surface area contributed by atoms with Crippen molar-refractivity contribution in [3.63, 3.8) is 0 Å². The third kappa shape index (κ3) is 13.1. The quantitative estimate of drug-likeness (QED) is 0.0617. The number of halogens is 1. The molecule has 15 heteroatoms. The topological polar surface area (TPSA) is 142 Å². The molecule has 1 aromatic heterocycles. The second-order valence-electron chi connectivity index (χ2n) is 10.2. The third-order valence-corrected chi connectivity index (χ3v) is 7.37. The van der Waals surface area contributed by atoms with Gasteiger partial charge >= 0.3 is 0 Å². The predicted octanol–water partition coefficient (Wildman–Crippen LogP) is 3.97. The zero-order valence-corrected chi connectivity index (χ0v) is 27.6. The van der Waals surface area contributed by atoms with Crippen LogP contribution >= 0.6 is 11.6 Å². The van der Waals surface area contributed by atoms with E-state index in [0.29, 0.717) is 88.3 Å². The minimum Gasteiger partial charge on any atom is -0.490 e. The van der Waals surface area contributed by atoms with E-state index in [9.17, 15) is 10.1 Å². The maximum absolute atomic E-state index is 12.2. The van der Waals surface area contributed by atoms with Gasteiger partial charge in [0.15, 0.2) is 11.5 Å². The molecule has 46 heavy (non-hydrogen) atoms. The average Bonchev–Trinajstić information content (AvgIpc) is 3.03. The molecule has 1 saturated heterocycles. The van der Waals surface area contributed by atoms with Crippen molar-refractivity contribution < 1.29 is 47.6 Å². The number of nitrogens with zero attached hydrogens (tertiary/aromatic N) is 3. The Bertz CT molecular complexity index is 1150. The summed E-state index contributed by atoms with van der Waals surface area (Å²) in [5, 5.41) is 12.6. The van der Waals surface area contributed by atoms with Crippen LogP contribution in [0.3, 0.4) is 0 Å². The van der Waals surface area contributed by atoms with Crippen LogP contribution in [0.25, 0.3) is 0 Å². The Labute approximate surface area is 275 Å². The number of hydrogen-bond donors (Lipinski definition) is 0. The lowest BCUT2D eigenvalue weighted by atomic mass is 9.95. The van der Waals surface area contributed by atoms with Crippen molar-refractivity contribution in [2.75, 3.05) is 107 Å². The van der Waals surface area contributed by atoms with Crippen LogP contribution in [-0.4, -0.2) is 128 Å². The molecule has 3 rings (SSSR count). The molecule has 0 amide bonds. The van der Waals surface area contributed by atoms with Gasteiger partial charge in [-0.05, 0) is 31.5 Å². The number of benzene rings is 1. The lowest BCUT2D eigenvalue weighted by Crippen LogP contribution is -2.51. The lowest BCUT2D eigenvalue weighted by Gasteiger charge is -2.44. The molecule has 2 unspecified atom stereocenters. The van der Waals surface area contributed by atoms with Crippen LogP contribution < -0.4 is 14.2 Å². The molecule has 258 valence electrons. The number of nitro groups is 1. The normalized spacial score (nSPS) is 15.3.